The maximum absolute atomic E-state index is 5.55. The lowest BCUT2D eigenvalue weighted by Crippen LogP contribution is -2.16. The van der Waals surface area contributed by atoms with Crippen LogP contribution >= 0.6 is 0 Å². The average molecular weight is 168 g/mol. The van der Waals surface area contributed by atoms with Gasteiger partial charge in [-0.3, -0.25) is 0 Å². The standard InChI is InChI=1S/C9H16N2O/c1-8(12-2)7-11-5-3-4-9(11)6-10/h3-5,8H,6-7,10H2,1-2H3. The third kappa shape index (κ3) is 2.09. The molecule has 0 spiro atoms. The van der Waals surface area contributed by atoms with Crippen LogP contribution in [0.15, 0.2) is 18.3 Å². The Labute approximate surface area is 73.1 Å². The Balaban J connectivity index is 2.61. The monoisotopic (exact) mass is 168 g/mol. The fourth-order valence-corrected chi connectivity index (χ4v) is 1.16. The third-order valence-corrected chi connectivity index (χ3v) is 1.99. The van der Waals surface area contributed by atoms with Crippen molar-refractivity contribution in [2.75, 3.05) is 7.11 Å². The number of hydrogen-bond acceptors (Lipinski definition) is 2. The highest BCUT2D eigenvalue weighted by Gasteiger charge is 2.03. The molecule has 0 bridgehead atoms. The zero-order valence-electron chi connectivity index (χ0n) is 7.66. The van der Waals surface area contributed by atoms with E-state index in [0.717, 1.165) is 12.2 Å². The molecule has 0 aliphatic heterocycles. The first kappa shape index (κ1) is 9.29. The Morgan fingerprint density at radius 1 is 1.67 bits per heavy atom. The van der Waals surface area contributed by atoms with E-state index >= 15 is 0 Å². The Hall–Kier alpha value is -0.800. The van der Waals surface area contributed by atoms with Gasteiger partial charge < -0.3 is 15.0 Å². The Morgan fingerprint density at radius 2 is 2.42 bits per heavy atom. The van der Waals surface area contributed by atoms with Crippen LogP contribution in [0, 0.1) is 0 Å². The van der Waals surface area contributed by atoms with Gasteiger partial charge >= 0.3 is 0 Å². The second-order valence-corrected chi connectivity index (χ2v) is 2.90. The lowest BCUT2D eigenvalue weighted by Gasteiger charge is -2.12. The van der Waals surface area contributed by atoms with E-state index in [-0.39, 0.29) is 6.10 Å². The average Bonchev–Trinajstić information content (AvgIpc) is 2.51. The molecular weight excluding hydrogens is 152 g/mol. The minimum Gasteiger partial charge on any atom is -0.380 e. The summed E-state index contributed by atoms with van der Waals surface area (Å²) in [6, 6.07) is 4.03. The summed E-state index contributed by atoms with van der Waals surface area (Å²) in [5.74, 6) is 0. The van der Waals surface area contributed by atoms with Crippen molar-refractivity contribution in [3.63, 3.8) is 0 Å². The number of nitrogens with two attached hydrogens (primary N) is 1. The van der Waals surface area contributed by atoms with Crippen LogP contribution in [0.5, 0.6) is 0 Å². The van der Waals surface area contributed by atoms with Gasteiger partial charge in [-0.15, -0.1) is 0 Å². The van der Waals surface area contributed by atoms with Crippen molar-refractivity contribution in [3.8, 4) is 0 Å². The van der Waals surface area contributed by atoms with Crippen LogP contribution in [0.2, 0.25) is 0 Å². The van der Waals surface area contributed by atoms with E-state index in [9.17, 15) is 0 Å². The fourth-order valence-electron chi connectivity index (χ4n) is 1.16. The first-order chi connectivity index (χ1) is 5.77. The molecule has 0 saturated carbocycles. The number of methoxy groups -OCH3 is 1. The molecule has 0 amide bonds. The predicted molar refractivity (Wildman–Crippen MR) is 48.8 cm³/mol. The molecule has 1 unspecified atom stereocenters. The SMILES string of the molecule is COC(C)Cn1cccc1CN. The van der Waals surface area contributed by atoms with Crippen molar-refractivity contribution in [2.24, 2.45) is 5.73 Å². The Bertz CT molecular complexity index is 232. The second-order valence-electron chi connectivity index (χ2n) is 2.90. The van der Waals surface area contributed by atoms with Gasteiger partial charge in [0.1, 0.15) is 0 Å². The molecule has 1 aromatic rings. The van der Waals surface area contributed by atoms with E-state index in [1.165, 1.54) is 0 Å². The van der Waals surface area contributed by atoms with Gasteiger partial charge in [0.05, 0.1) is 6.10 Å². The van der Waals surface area contributed by atoms with Crippen molar-refractivity contribution < 1.29 is 4.74 Å². The zero-order valence-corrected chi connectivity index (χ0v) is 7.66. The van der Waals surface area contributed by atoms with Gasteiger partial charge in [0, 0.05) is 32.1 Å². The smallest absolute Gasteiger partial charge is 0.0722 e. The maximum Gasteiger partial charge on any atom is 0.0722 e. The fraction of sp³-hybridized carbons (Fsp3) is 0.556. The zero-order chi connectivity index (χ0) is 8.97. The summed E-state index contributed by atoms with van der Waals surface area (Å²) in [5, 5.41) is 0. The molecule has 0 aliphatic carbocycles. The highest BCUT2D eigenvalue weighted by molar-refractivity contribution is 5.06. The third-order valence-electron chi connectivity index (χ3n) is 1.99. The highest BCUT2D eigenvalue weighted by atomic mass is 16.5. The summed E-state index contributed by atoms with van der Waals surface area (Å²) in [5.41, 5.74) is 6.70. The Morgan fingerprint density at radius 3 is 3.00 bits per heavy atom. The molecule has 1 rings (SSSR count). The number of ether oxygens (including phenoxy) is 1. The van der Waals surface area contributed by atoms with Crippen LogP contribution in [-0.2, 0) is 17.8 Å². The van der Waals surface area contributed by atoms with Gasteiger partial charge in [-0.25, -0.2) is 0 Å². The summed E-state index contributed by atoms with van der Waals surface area (Å²) in [4.78, 5) is 0. The molecule has 12 heavy (non-hydrogen) atoms. The van der Waals surface area contributed by atoms with E-state index in [1.807, 2.05) is 25.3 Å². The van der Waals surface area contributed by atoms with Crippen molar-refractivity contribution in [1.29, 1.82) is 0 Å². The van der Waals surface area contributed by atoms with Gasteiger partial charge in [0.2, 0.25) is 0 Å². The number of hydrogen-bond donors (Lipinski definition) is 1. The minimum atomic E-state index is 0.239. The molecule has 68 valence electrons. The number of aromatic nitrogens is 1. The summed E-state index contributed by atoms with van der Waals surface area (Å²) in [6.45, 7) is 3.50. The van der Waals surface area contributed by atoms with Crippen molar-refractivity contribution in [2.45, 2.75) is 26.1 Å². The first-order valence-corrected chi connectivity index (χ1v) is 4.14. The normalized spacial score (nSPS) is 13.2. The number of rotatable bonds is 4. The van der Waals surface area contributed by atoms with Gasteiger partial charge in [0.25, 0.3) is 0 Å². The molecule has 0 saturated heterocycles. The van der Waals surface area contributed by atoms with Crippen LogP contribution in [0.1, 0.15) is 12.6 Å². The molecule has 0 fully saturated rings. The van der Waals surface area contributed by atoms with E-state index in [4.69, 9.17) is 10.5 Å². The van der Waals surface area contributed by atoms with E-state index < -0.39 is 0 Å². The molecule has 3 heteroatoms. The molecule has 1 aromatic heterocycles. The Kier molecular flexibility index (Phi) is 3.31. The van der Waals surface area contributed by atoms with Crippen LogP contribution in [0.25, 0.3) is 0 Å². The number of nitrogens with zero attached hydrogens (tertiary/aromatic N) is 1. The van der Waals surface area contributed by atoms with Gasteiger partial charge in [-0.2, -0.15) is 0 Å². The van der Waals surface area contributed by atoms with Crippen molar-refractivity contribution in [1.82, 2.24) is 4.57 Å². The van der Waals surface area contributed by atoms with E-state index in [1.54, 1.807) is 7.11 Å². The largest absolute Gasteiger partial charge is 0.380 e. The molecule has 0 radical (unpaired) electrons. The molecule has 0 aromatic carbocycles. The molecule has 3 nitrogen and oxygen atoms in total. The lowest BCUT2D eigenvalue weighted by molar-refractivity contribution is 0.103. The van der Waals surface area contributed by atoms with E-state index in [2.05, 4.69) is 4.57 Å². The quantitative estimate of drug-likeness (QED) is 0.728. The van der Waals surface area contributed by atoms with Gasteiger partial charge in [-0.1, -0.05) is 0 Å². The molecule has 1 atom stereocenters. The van der Waals surface area contributed by atoms with Crippen molar-refractivity contribution in [3.05, 3.63) is 24.0 Å². The van der Waals surface area contributed by atoms with Crippen LogP contribution in [0.4, 0.5) is 0 Å². The summed E-state index contributed by atoms with van der Waals surface area (Å²) >= 11 is 0. The molecular formula is C9H16N2O. The van der Waals surface area contributed by atoms with E-state index in [0.29, 0.717) is 6.54 Å². The van der Waals surface area contributed by atoms with Crippen LogP contribution in [-0.4, -0.2) is 17.8 Å². The van der Waals surface area contributed by atoms with Gasteiger partial charge in [0.15, 0.2) is 0 Å². The van der Waals surface area contributed by atoms with Crippen LogP contribution < -0.4 is 5.73 Å². The predicted octanol–water partition coefficient (Wildman–Crippen LogP) is 0.982. The van der Waals surface area contributed by atoms with Gasteiger partial charge in [-0.05, 0) is 19.1 Å². The summed E-state index contributed by atoms with van der Waals surface area (Å²) in [6.07, 6.45) is 2.26. The summed E-state index contributed by atoms with van der Waals surface area (Å²) < 4.78 is 7.28. The second kappa shape index (κ2) is 4.28. The molecule has 2 N–H and O–H groups in total. The van der Waals surface area contributed by atoms with Crippen LogP contribution in [0.3, 0.4) is 0 Å². The summed E-state index contributed by atoms with van der Waals surface area (Å²) in [7, 11) is 1.72. The maximum atomic E-state index is 5.55. The molecule has 1 heterocycles. The van der Waals surface area contributed by atoms with Crippen molar-refractivity contribution >= 4 is 0 Å². The topological polar surface area (TPSA) is 40.2 Å². The first-order valence-electron chi connectivity index (χ1n) is 4.14. The lowest BCUT2D eigenvalue weighted by atomic mass is 10.3. The highest BCUT2D eigenvalue weighted by Crippen LogP contribution is 2.03. The minimum absolute atomic E-state index is 0.239. The molecule has 0 aliphatic rings.